The molecule has 0 N–H and O–H groups in total. The molecular formula is C28H37N3O3. The van der Waals surface area contributed by atoms with Crippen molar-refractivity contribution >= 4 is 16.8 Å². The molecule has 0 radical (unpaired) electrons. The summed E-state index contributed by atoms with van der Waals surface area (Å²) in [5.41, 5.74) is 3.25. The minimum atomic E-state index is -0.398. The fourth-order valence-corrected chi connectivity index (χ4v) is 4.33. The van der Waals surface area contributed by atoms with Crippen molar-refractivity contribution in [3.05, 3.63) is 69.8 Å². The van der Waals surface area contributed by atoms with Crippen molar-refractivity contribution in [3.8, 4) is 5.69 Å². The Hall–Kier alpha value is -2.99. The van der Waals surface area contributed by atoms with E-state index < -0.39 is 6.04 Å². The van der Waals surface area contributed by atoms with E-state index in [4.69, 9.17) is 9.72 Å². The van der Waals surface area contributed by atoms with Crippen molar-refractivity contribution in [1.29, 1.82) is 0 Å². The Morgan fingerprint density at radius 3 is 2.50 bits per heavy atom. The van der Waals surface area contributed by atoms with Gasteiger partial charge in [-0.2, -0.15) is 0 Å². The van der Waals surface area contributed by atoms with Crippen LogP contribution < -0.4 is 5.56 Å². The van der Waals surface area contributed by atoms with Crippen LogP contribution in [-0.4, -0.2) is 40.6 Å². The lowest BCUT2D eigenvalue weighted by Gasteiger charge is -2.33. The summed E-state index contributed by atoms with van der Waals surface area (Å²) in [6.07, 6.45) is 1.11. The molecule has 1 aromatic heterocycles. The first-order valence-electron chi connectivity index (χ1n) is 11.9. The first-order chi connectivity index (χ1) is 16.0. The van der Waals surface area contributed by atoms with E-state index in [0.29, 0.717) is 42.7 Å². The quantitative estimate of drug-likeness (QED) is 0.422. The SMILES string of the molecule is COCCCN(C(=O)CC(C)(C)C)C(C)c1nc2ccccc2c(=O)n1-c1ccc(C)cc1C. The Kier molecular flexibility index (Phi) is 7.93. The third-order valence-corrected chi connectivity index (χ3v) is 5.99. The van der Waals surface area contributed by atoms with E-state index in [0.717, 1.165) is 16.8 Å². The van der Waals surface area contributed by atoms with Crippen LogP contribution in [0.25, 0.3) is 16.6 Å². The number of para-hydroxylation sites is 1. The Morgan fingerprint density at radius 1 is 1.15 bits per heavy atom. The highest BCUT2D eigenvalue weighted by molar-refractivity contribution is 5.79. The Labute approximate surface area is 202 Å². The molecule has 2 aromatic carbocycles. The molecule has 0 aliphatic carbocycles. The molecule has 182 valence electrons. The van der Waals surface area contributed by atoms with Crippen molar-refractivity contribution < 1.29 is 9.53 Å². The van der Waals surface area contributed by atoms with E-state index in [2.05, 4.69) is 26.8 Å². The summed E-state index contributed by atoms with van der Waals surface area (Å²) in [5, 5.41) is 0.561. The van der Waals surface area contributed by atoms with Crippen LogP contribution in [-0.2, 0) is 9.53 Å². The molecule has 0 bridgehead atoms. The van der Waals surface area contributed by atoms with E-state index in [9.17, 15) is 9.59 Å². The molecule has 3 rings (SSSR count). The maximum Gasteiger partial charge on any atom is 0.266 e. The zero-order valence-electron chi connectivity index (χ0n) is 21.5. The topological polar surface area (TPSA) is 64.4 Å². The number of rotatable bonds is 8. The zero-order chi connectivity index (χ0) is 25.0. The molecule has 0 aliphatic rings. The maximum absolute atomic E-state index is 13.8. The monoisotopic (exact) mass is 463 g/mol. The van der Waals surface area contributed by atoms with Gasteiger partial charge in [-0.15, -0.1) is 0 Å². The molecule has 1 unspecified atom stereocenters. The molecule has 0 aliphatic heterocycles. The van der Waals surface area contributed by atoms with Crippen molar-refractivity contribution in [2.24, 2.45) is 5.41 Å². The third kappa shape index (κ3) is 5.73. The zero-order valence-corrected chi connectivity index (χ0v) is 21.5. The van der Waals surface area contributed by atoms with Gasteiger partial charge in [-0.05, 0) is 56.4 Å². The normalized spacial score (nSPS) is 12.7. The number of nitrogens with zero attached hydrogens (tertiary/aromatic N) is 3. The summed E-state index contributed by atoms with van der Waals surface area (Å²) in [4.78, 5) is 34.0. The van der Waals surface area contributed by atoms with E-state index >= 15 is 0 Å². The molecule has 3 aromatic rings. The molecule has 0 spiro atoms. The fourth-order valence-electron chi connectivity index (χ4n) is 4.33. The third-order valence-electron chi connectivity index (χ3n) is 5.99. The first-order valence-corrected chi connectivity index (χ1v) is 11.9. The Bertz CT molecular complexity index is 1220. The molecule has 0 saturated carbocycles. The summed E-state index contributed by atoms with van der Waals surface area (Å²) >= 11 is 0. The van der Waals surface area contributed by atoms with Gasteiger partial charge in [-0.3, -0.25) is 14.2 Å². The predicted octanol–water partition coefficient (Wildman–Crippen LogP) is 5.36. The number of fused-ring (bicyclic) bond motifs is 1. The fraction of sp³-hybridized carbons (Fsp3) is 0.464. The Balaban J connectivity index is 2.21. The number of aryl methyl sites for hydroxylation is 2. The van der Waals surface area contributed by atoms with E-state index in [1.807, 2.05) is 56.0 Å². The maximum atomic E-state index is 13.8. The predicted molar refractivity (Wildman–Crippen MR) is 138 cm³/mol. The number of methoxy groups -OCH3 is 1. The average Bonchev–Trinajstić information content (AvgIpc) is 2.76. The number of carbonyl (C=O) groups excluding carboxylic acids is 1. The van der Waals surface area contributed by atoms with Crippen LogP contribution >= 0.6 is 0 Å². The highest BCUT2D eigenvalue weighted by atomic mass is 16.5. The van der Waals surface area contributed by atoms with Gasteiger partial charge in [0.1, 0.15) is 5.82 Å². The van der Waals surface area contributed by atoms with Crippen LogP contribution in [0.2, 0.25) is 0 Å². The largest absolute Gasteiger partial charge is 0.385 e. The average molecular weight is 464 g/mol. The smallest absolute Gasteiger partial charge is 0.266 e. The molecule has 1 atom stereocenters. The second-order valence-electron chi connectivity index (χ2n) is 10.3. The molecule has 0 saturated heterocycles. The number of amides is 1. The standard InChI is InChI=1S/C28H37N3O3/c1-19-13-14-24(20(2)17-19)31-26(29-23-12-9-8-11-22(23)27(31)33)21(3)30(15-10-16-34-7)25(32)18-28(4,5)6/h8-9,11-14,17,21H,10,15-16,18H2,1-7H3. The second kappa shape index (κ2) is 10.5. The van der Waals surface area contributed by atoms with Crippen LogP contribution in [0.15, 0.2) is 47.3 Å². The van der Waals surface area contributed by atoms with Gasteiger partial charge in [-0.1, -0.05) is 50.6 Å². The van der Waals surface area contributed by atoms with Crippen LogP contribution in [0.1, 0.15) is 63.5 Å². The van der Waals surface area contributed by atoms with Gasteiger partial charge in [0.15, 0.2) is 0 Å². The van der Waals surface area contributed by atoms with Crippen molar-refractivity contribution in [3.63, 3.8) is 0 Å². The summed E-state index contributed by atoms with van der Waals surface area (Å²) in [6, 6.07) is 13.0. The Morgan fingerprint density at radius 2 is 1.85 bits per heavy atom. The molecule has 34 heavy (non-hydrogen) atoms. The summed E-state index contributed by atoms with van der Waals surface area (Å²) in [7, 11) is 1.66. The van der Waals surface area contributed by atoms with Crippen molar-refractivity contribution in [2.75, 3.05) is 20.3 Å². The lowest BCUT2D eigenvalue weighted by molar-refractivity contribution is -0.135. The summed E-state index contributed by atoms with van der Waals surface area (Å²) in [6.45, 7) is 13.3. The van der Waals surface area contributed by atoms with Crippen molar-refractivity contribution in [1.82, 2.24) is 14.5 Å². The van der Waals surface area contributed by atoms with Crippen LogP contribution in [0.3, 0.4) is 0 Å². The lowest BCUT2D eigenvalue weighted by Crippen LogP contribution is -2.39. The van der Waals surface area contributed by atoms with Crippen LogP contribution in [0.5, 0.6) is 0 Å². The van der Waals surface area contributed by atoms with Gasteiger partial charge < -0.3 is 9.64 Å². The highest BCUT2D eigenvalue weighted by Crippen LogP contribution is 2.28. The van der Waals surface area contributed by atoms with Gasteiger partial charge >= 0.3 is 0 Å². The van der Waals surface area contributed by atoms with Gasteiger partial charge in [-0.25, -0.2) is 4.98 Å². The molecule has 6 heteroatoms. The number of hydrogen-bond acceptors (Lipinski definition) is 4. The van der Waals surface area contributed by atoms with Crippen LogP contribution in [0.4, 0.5) is 0 Å². The van der Waals surface area contributed by atoms with Gasteiger partial charge in [0, 0.05) is 26.7 Å². The highest BCUT2D eigenvalue weighted by Gasteiger charge is 2.29. The molecule has 1 amide bonds. The number of benzene rings is 2. The minimum absolute atomic E-state index is 0.0469. The summed E-state index contributed by atoms with van der Waals surface area (Å²) in [5.74, 6) is 0.612. The molecule has 0 fully saturated rings. The van der Waals surface area contributed by atoms with E-state index in [1.165, 1.54) is 0 Å². The van der Waals surface area contributed by atoms with Gasteiger partial charge in [0.2, 0.25) is 5.91 Å². The molecule has 1 heterocycles. The number of aromatic nitrogens is 2. The van der Waals surface area contributed by atoms with Gasteiger partial charge in [0.05, 0.1) is 22.6 Å². The number of carbonyl (C=O) groups is 1. The van der Waals surface area contributed by atoms with E-state index in [-0.39, 0.29) is 16.9 Å². The first kappa shape index (κ1) is 25.6. The minimum Gasteiger partial charge on any atom is -0.385 e. The van der Waals surface area contributed by atoms with Crippen molar-refractivity contribution in [2.45, 2.75) is 60.4 Å². The number of ether oxygens (including phenoxy) is 1. The molecular weight excluding hydrogens is 426 g/mol. The van der Waals surface area contributed by atoms with Crippen LogP contribution in [0, 0.1) is 19.3 Å². The number of hydrogen-bond donors (Lipinski definition) is 0. The van der Waals surface area contributed by atoms with Gasteiger partial charge in [0.25, 0.3) is 5.56 Å². The van der Waals surface area contributed by atoms with E-state index in [1.54, 1.807) is 17.7 Å². The summed E-state index contributed by atoms with van der Waals surface area (Å²) < 4.78 is 6.94. The molecule has 6 nitrogen and oxygen atoms in total. The lowest BCUT2D eigenvalue weighted by atomic mass is 9.91. The second-order valence-corrected chi connectivity index (χ2v) is 10.3.